The van der Waals surface area contributed by atoms with Crippen LogP contribution in [0.2, 0.25) is 0 Å². The monoisotopic (exact) mass is 558 g/mol. The van der Waals surface area contributed by atoms with E-state index in [9.17, 15) is 27.9 Å². The van der Waals surface area contributed by atoms with Crippen molar-refractivity contribution in [2.24, 2.45) is 0 Å². The van der Waals surface area contributed by atoms with Gasteiger partial charge in [-0.2, -0.15) is 13.2 Å². The van der Waals surface area contributed by atoms with Crippen molar-refractivity contribution >= 4 is 17.6 Å². The van der Waals surface area contributed by atoms with Crippen molar-refractivity contribution in [3.05, 3.63) is 88.2 Å². The standard InChI is InChI=1S/C31H37F3N2O4/c1-4-40-29(38)20-24-19-27(26(31(32,33)34)18-23(24)13-9-17-37)35-30(39)28-16-15-25(36(28)21(2)3)14-8-12-22-10-6-5-7-11-22/h5-7,10-11,15-16,18-19,21,37H,4,8-9,12-14,17,20H2,1-3H3,(H,35,39). The summed E-state index contributed by atoms with van der Waals surface area (Å²) in [6.07, 6.45) is -2.19. The van der Waals surface area contributed by atoms with Gasteiger partial charge in [0.1, 0.15) is 5.69 Å². The fourth-order valence-corrected chi connectivity index (χ4v) is 4.86. The molecule has 216 valence electrons. The molecular weight excluding hydrogens is 521 g/mol. The van der Waals surface area contributed by atoms with Gasteiger partial charge in [-0.3, -0.25) is 9.59 Å². The number of aromatic nitrogens is 1. The third kappa shape index (κ3) is 8.21. The molecule has 6 nitrogen and oxygen atoms in total. The third-order valence-electron chi connectivity index (χ3n) is 6.63. The first-order valence-electron chi connectivity index (χ1n) is 13.6. The molecule has 0 aliphatic rings. The molecule has 40 heavy (non-hydrogen) atoms. The highest BCUT2D eigenvalue weighted by Gasteiger charge is 2.35. The van der Waals surface area contributed by atoms with Crippen LogP contribution < -0.4 is 5.32 Å². The third-order valence-corrected chi connectivity index (χ3v) is 6.63. The minimum Gasteiger partial charge on any atom is -0.466 e. The van der Waals surface area contributed by atoms with E-state index in [0.29, 0.717) is 12.0 Å². The number of benzene rings is 2. The van der Waals surface area contributed by atoms with Gasteiger partial charge >= 0.3 is 12.1 Å². The van der Waals surface area contributed by atoms with E-state index in [-0.39, 0.29) is 49.8 Å². The molecule has 0 atom stereocenters. The van der Waals surface area contributed by atoms with Gasteiger partial charge in [0.15, 0.2) is 0 Å². The number of ether oxygens (including phenoxy) is 1. The molecule has 0 aliphatic heterocycles. The van der Waals surface area contributed by atoms with Gasteiger partial charge in [0.25, 0.3) is 5.91 Å². The Morgan fingerprint density at radius 1 is 0.975 bits per heavy atom. The number of aliphatic hydroxyl groups is 1. The van der Waals surface area contributed by atoms with Crippen molar-refractivity contribution in [2.45, 2.75) is 71.5 Å². The molecule has 3 rings (SSSR count). The largest absolute Gasteiger partial charge is 0.466 e. The minimum atomic E-state index is -4.75. The average Bonchev–Trinajstić information content (AvgIpc) is 3.33. The van der Waals surface area contributed by atoms with Gasteiger partial charge in [-0.25, -0.2) is 0 Å². The molecule has 0 saturated carbocycles. The maximum absolute atomic E-state index is 14.1. The van der Waals surface area contributed by atoms with Gasteiger partial charge in [0, 0.05) is 18.3 Å². The number of carbonyl (C=O) groups is 2. The van der Waals surface area contributed by atoms with E-state index in [1.807, 2.05) is 42.7 Å². The number of hydrogen-bond donors (Lipinski definition) is 2. The lowest BCUT2D eigenvalue weighted by molar-refractivity contribution is -0.142. The molecule has 3 aromatic rings. The van der Waals surface area contributed by atoms with Crippen LogP contribution in [0, 0.1) is 0 Å². The summed E-state index contributed by atoms with van der Waals surface area (Å²) in [6.45, 7) is 5.41. The minimum absolute atomic E-state index is 0.0928. The highest BCUT2D eigenvalue weighted by molar-refractivity contribution is 6.04. The quantitative estimate of drug-likeness (QED) is 0.233. The predicted molar refractivity (Wildman–Crippen MR) is 148 cm³/mol. The molecule has 0 fully saturated rings. The van der Waals surface area contributed by atoms with E-state index >= 15 is 0 Å². The smallest absolute Gasteiger partial charge is 0.418 e. The summed E-state index contributed by atoms with van der Waals surface area (Å²) < 4.78 is 49.2. The normalized spacial score (nSPS) is 11.6. The maximum atomic E-state index is 14.1. The SMILES string of the molecule is CCOC(=O)Cc1cc(NC(=O)c2ccc(CCCc3ccccc3)n2C(C)C)c(C(F)(F)F)cc1CCCO. The zero-order valence-electron chi connectivity index (χ0n) is 23.2. The number of aliphatic hydroxyl groups excluding tert-OH is 1. The van der Waals surface area contributed by atoms with E-state index in [1.54, 1.807) is 13.0 Å². The Morgan fingerprint density at radius 3 is 2.33 bits per heavy atom. The lowest BCUT2D eigenvalue weighted by Crippen LogP contribution is -2.22. The van der Waals surface area contributed by atoms with Crippen LogP contribution in [0.1, 0.15) is 78.1 Å². The van der Waals surface area contributed by atoms with Crippen LogP contribution in [0.25, 0.3) is 0 Å². The Kier molecular flexibility index (Phi) is 11.0. The number of esters is 1. The van der Waals surface area contributed by atoms with E-state index in [2.05, 4.69) is 17.4 Å². The fraction of sp³-hybridized carbons (Fsp3) is 0.419. The topological polar surface area (TPSA) is 80.6 Å². The number of nitrogens with zero attached hydrogens (tertiary/aromatic N) is 1. The summed E-state index contributed by atoms with van der Waals surface area (Å²) in [5.41, 5.74) is 1.56. The van der Waals surface area contributed by atoms with Gasteiger partial charge in [-0.1, -0.05) is 30.3 Å². The molecule has 1 amide bonds. The van der Waals surface area contributed by atoms with Crippen molar-refractivity contribution in [1.82, 2.24) is 4.57 Å². The summed E-state index contributed by atoms with van der Waals surface area (Å²) >= 11 is 0. The second kappa shape index (κ2) is 14.2. The first-order valence-corrected chi connectivity index (χ1v) is 13.6. The van der Waals surface area contributed by atoms with Gasteiger partial charge in [-0.15, -0.1) is 0 Å². The first-order chi connectivity index (χ1) is 19.0. The number of carbonyl (C=O) groups excluding carboxylic acids is 2. The molecule has 0 bridgehead atoms. The van der Waals surface area contributed by atoms with Crippen LogP contribution in [-0.2, 0) is 41.4 Å². The fourth-order valence-electron chi connectivity index (χ4n) is 4.86. The van der Waals surface area contributed by atoms with Crippen LogP contribution in [0.3, 0.4) is 0 Å². The summed E-state index contributed by atoms with van der Waals surface area (Å²) in [7, 11) is 0. The van der Waals surface area contributed by atoms with Crippen LogP contribution in [0.5, 0.6) is 0 Å². The average molecular weight is 559 g/mol. The van der Waals surface area contributed by atoms with Crippen LogP contribution in [0.15, 0.2) is 54.6 Å². The summed E-state index contributed by atoms with van der Waals surface area (Å²) in [6, 6.07) is 15.6. The van der Waals surface area contributed by atoms with Crippen molar-refractivity contribution in [3.8, 4) is 0 Å². The van der Waals surface area contributed by atoms with Gasteiger partial charge in [0.05, 0.1) is 24.3 Å². The number of amides is 1. The van der Waals surface area contributed by atoms with E-state index in [4.69, 9.17) is 4.74 Å². The second-order valence-corrected chi connectivity index (χ2v) is 9.94. The van der Waals surface area contributed by atoms with Crippen LogP contribution >= 0.6 is 0 Å². The van der Waals surface area contributed by atoms with Gasteiger partial charge < -0.3 is 19.7 Å². The number of rotatable bonds is 13. The molecule has 0 saturated heterocycles. The van der Waals surface area contributed by atoms with E-state index in [0.717, 1.165) is 24.6 Å². The molecule has 0 radical (unpaired) electrons. The molecule has 0 spiro atoms. The predicted octanol–water partition coefficient (Wildman–Crippen LogP) is 6.55. The Bertz CT molecular complexity index is 1280. The molecule has 9 heteroatoms. The number of aryl methyl sites for hydroxylation is 3. The lowest BCUT2D eigenvalue weighted by Gasteiger charge is -2.20. The molecule has 1 aromatic heterocycles. The molecule has 1 heterocycles. The van der Waals surface area contributed by atoms with Crippen LogP contribution in [0.4, 0.5) is 18.9 Å². The van der Waals surface area contributed by atoms with Crippen molar-refractivity contribution < 1.29 is 32.6 Å². The highest BCUT2D eigenvalue weighted by atomic mass is 19.4. The maximum Gasteiger partial charge on any atom is 0.418 e. The van der Waals surface area contributed by atoms with Crippen LogP contribution in [-0.4, -0.2) is 34.8 Å². The summed E-state index contributed by atoms with van der Waals surface area (Å²) in [5.74, 6) is -1.25. The van der Waals surface area contributed by atoms with Gasteiger partial charge in [-0.05, 0) is 93.8 Å². The molecule has 2 aromatic carbocycles. The number of anilines is 1. The summed E-state index contributed by atoms with van der Waals surface area (Å²) in [4.78, 5) is 25.6. The molecule has 0 aliphatic carbocycles. The van der Waals surface area contributed by atoms with E-state index in [1.165, 1.54) is 11.6 Å². The molecular formula is C31H37F3N2O4. The Labute approximate surface area is 233 Å². The van der Waals surface area contributed by atoms with E-state index < -0.39 is 29.3 Å². The molecule has 2 N–H and O–H groups in total. The number of halogens is 3. The van der Waals surface area contributed by atoms with Crippen molar-refractivity contribution in [2.75, 3.05) is 18.5 Å². The Hall–Kier alpha value is -3.59. The number of hydrogen-bond acceptors (Lipinski definition) is 4. The molecule has 0 unspecified atom stereocenters. The zero-order chi connectivity index (χ0) is 29.3. The van der Waals surface area contributed by atoms with Gasteiger partial charge in [0.2, 0.25) is 0 Å². The highest BCUT2D eigenvalue weighted by Crippen LogP contribution is 2.37. The Morgan fingerprint density at radius 2 is 1.70 bits per heavy atom. The van der Waals surface area contributed by atoms with Crippen molar-refractivity contribution in [1.29, 1.82) is 0 Å². The second-order valence-electron chi connectivity index (χ2n) is 9.94. The number of alkyl halides is 3. The lowest BCUT2D eigenvalue weighted by atomic mass is 9.96. The Balaban J connectivity index is 1.91. The zero-order valence-corrected chi connectivity index (χ0v) is 23.2. The summed E-state index contributed by atoms with van der Waals surface area (Å²) in [5, 5.41) is 11.7. The number of nitrogens with one attached hydrogen (secondary N) is 1. The first kappa shape index (κ1) is 30.9. The van der Waals surface area contributed by atoms with Crippen molar-refractivity contribution in [3.63, 3.8) is 0 Å².